The quantitative estimate of drug-likeness (QED) is 0.640. The molecule has 3 unspecified atom stereocenters. The Morgan fingerprint density at radius 3 is 2.71 bits per heavy atom. The van der Waals surface area contributed by atoms with Gasteiger partial charge >= 0.3 is 0 Å². The zero-order chi connectivity index (χ0) is 9.80. The van der Waals surface area contributed by atoms with Crippen molar-refractivity contribution in [3.05, 3.63) is 0 Å². The lowest BCUT2D eigenvalue weighted by Crippen LogP contribution is -2.39. The highest BCUT2D eigenvalue weighted by atomic mass is 16.5. The predicted molar refractivity (Wildman–Crippen MR) is 51.6 cm³/mol. The van der Waals surface area contributed by atoms with Crippen molar-refractivity contribution in [3.8, 4) is 6.07 Å². The van der Waals surface area contributed by atoms with Gasteiger partial charge in [0.1, 0.15) is 0 Å². The smallest absolute Gasteiger partial charge is 0.0783 e. The maximum atomic E-state index is 9.02. The third-order valence-corrected chi connectivity index (χ3v) is 3.19. The number of nitrogens with zero attached hydrogens (tertiary/aromatic N) is 1. The van der Waals surface area contributed by atoms with Crippen LogP contribution in [0.15, 0.2) is 0 Å². The van der Waals surface area contributed by atoms with E-state index in [4.69, 9.17) is 14.7 Å². The van der Waals surface area contributed by atoms with Crippen molar-refractivity contribution < 1.29 is 9.47 Å². The zero-order valence-corrected chi connectivity index (χ0v) is 8.45. The molecule has 2 fully saturated rings. The first-order chi connectivity index (χ1) is 6.92. The lowest BCUT2D eigenvalue weighted by atomic mass is 9.84. The molecule has 0 amide bonds. The van der Waals surface area contributed by atoms with Crippen molar-refractivity contribution in [3.63, 3.8) is 0 Å². The summed E-state index contributed by atoms with van der Waals surface area (Å²) in [7, 11) is 0. The number of nitriles is 1. The first-order valence-corrected chi connectivity index (χ1v) is 5.51. The van der Waals surface area contributed by atoms with Crippen LogP contribution in [0, 0.1) is 23.2 Å². The van der Waals surface area contributed by atoms with E-state index in [-0.39, 0.29) is 12.0 Å². The van der Waals surface area contributed by atoms with Crippen LogP contribution >= 0.6 is 0 Å². The molecule has 3 atom stereocenters. The van der Waals surface area contributed by atoms with E-state index >= 15 is 0 Å². The van der Waals surface area contributed by atoms with Crippen molar-refractivity contribution >= 4 is 0 Å². The van der Waals surface area contributed by atoms with Gasteiger partial charge in [-0.2, -0.15) is 5.26 Å². The van der Waals surface area contributed by atoms with Gasteiger partial charge in [0.05, 0.1) is 24.7 Å². The molecule has 0 aromatic rings. The van der Waals surface area contributed by atoms with E-state index in [9.17, 15) is 0 Å². The summed E-state index contributed by atoms with van der Waals surface area (Å²) in [4.78, 5) is 0. The Morgan fingerprint density at radius 2 is 2.00 bits per heavy atom. The summed E-state index contributed by atoms with van der Waals surface area (Å²) < 4.78 is 11.2. The minimum Gasteiger partial charge on any atom is -0.381 e. The fourth-order valence-electron chi connectivity index (χ4n) is 2.43. The maximum Gasteiger partial charge on any atom is 0.0783 e. The molecular weight excluding hydrogens is 178 g/mol. The van der Waals surface area contributed by atoms with Gasteiger partial charge in [-0.05, 0) is 25.7 Å². The van der Waals surface area contributed by atoms with E-state index in [2.05, 4.69) is 6.07 Å². The minimum atomic E-state index is 0.0930. The van der Waals surface area contributed by atoms with Crippen molar-refractivity contribution in [1.82, 2.24) is 0 Å². The summed E-state index contributed by atoms with van der Waals surface area (Å²) in [5.74, 6) is 0.546. The van der Waals surface area contributed by atoms with Crippen LogP contribution in [0.4, 0.5) is 0 Å². The number of rotatable bonds is 1. The maximum absolute atomic E-state index is 9.02. The number of hydrogen-bond donors (Lipinski definition) is 0. The summed E-state index contributed by atoms with van der Waals surface area (Å²) in [5.41, 5.74) is 0. The minimum absolute atomic E-state index is 0.0930. The Balaban J connectivity index is 1.95. The Bertz CT molecular complexity index is 218. The van der Waals surface area contributed by atoms with E-state index in [0.29, 0.717) is 5.92 Å². The van der Waals surface area contributed by atoms with Crippen LogP contribution in [0.1, 0.15) is 25.7 Å². The summed E-state index contributed by atoms with van der Waals surface area (Å²) in [6.07, 6.45) is 4.43. The van der Waals surface area contributed by atoms with Crippen LogP contribution in [0.2, 0.25) is 0 Å². The van der Waals surface area contributed by atoms with Gasteiger partial charge in [0.2, 0.25) is 0 Å². The van der Waals surface area contributed by atoms with Gasteiger partial charge < -0.3 is 9.47 Å². The highest BCUT2D eigenvalue weighted by Gasteiger charge is 2.33. The van der Waals surface area contributed by atoms with Crippen LogP contribution in [-0.4, -0.2) is 25.9 Å². The van der Waals surface area contributed by atoms with Crippen LogP contribution < -0.4 is 0 Å². The van der Waals surface area contributed by atoms with Crippen molar-refractivity contribution in [1.29, 1.82) is 5.26 Å². The average Bonchev–Trinajstić information content (AvgIpc) is 2.30. The van der Waals surface area contributed by atoms with Crippen molar-refractivity contribution in [2.45, 2.75) is 31.8 Å². The van der Waals surface area contributed by atoms with E-state index in [1.54, 1.807) is 0 Å². The van der Waals surface area contributed by atoms with E-state index in [1.165, 1.54) is 0 Å². The molecule has 14 heavy (non-hydrogen) atoms. The number of ether oxygens (including phenoxy) is 2. The van der Waals surface area contributed by atoms with Gasteiger partial charge in [-0.25, -0.2) is 0 Å². The fourth-order valence-corrected chi connectivity index (χ4v) is 2.43. The summed E-state index contributed by atoms with van der Waals surface area (Å²) in [6, 6.07) is 2.37. The highest BCUT2D eigenvalue weighted by molar-refractivity contribution is 4.94. The monoisotopic (exact) mass is 195 g/mol. The number of hydrogen-bond acceptors (Lipinski definition) is 3. The molecule has 2 aliphatic rings. The molecule has 78 valence electrons. The first-order valence-electron chi connectivity index (χ1n) is 5.51. The van der Waals surface area contributed by atoms with E-state index < -0.39 is 0 Å². The van der Waals surface area contributed by atoms with Gasteiger partial charge in [0, 0.05) is 19.1 Å². The zero-order valence-electron chi connectivity index (χ0n) is 8.45. The summed E-state index contributed by atoms with van der Waals surface area (Å²) in [5, 5.41) is 9.02. The molecule has 3 nitrogen and oxygen atoms in total. The predicted octanol–water partition coefficient (Wildman–Crippen LogP) is 1.73. The second-order valence-corrected chi connectivity index (χ2v) is 4.19. The Kier molecular flexibility index (Phi) is 3.39. The van der Waals surface area contributed by atoms with Crippen molar-refractivity contribution in [2.75, 3.05) is 19.8 Å². The summed E-state index contributed by atoms with van der Waals surface area (Å²) in [6.45, 7) is 2.47. The first kappa shape index (κ1) is 9.95. The largest absolute Gasteiger partial charge is 0.381 e. The molecule has 2 aliphatic heterocycles. The molecule has 2 saturated heterocycles. The molecule has 2 heterocycles. The van der Waals surface area contributed by atoms with E-state index in [0.717, 1.165) is 45.5 Å². The van der Waals surface area contributed by atoms with Gasteiger partial charge in [0.25, 0.3) is 0 Å². The Morgan fingerprint density at radius 1 is 1.14 bits per heavy atom. The van der Waals surface area contributed by atoms with Gasteiger partial charge in [-0.1, -0.05) is 0 Å². The van der Waals surface area contributed by atoms with Crippen molar-refractivity contribution in [2.24, 2.45) is 11.8 Å². The molecule has 0 aromatic heterocycles. The highest BCUT2D eigenvalue weighted by Crippen LogP contribution is 2.30. The van der Waals surface area contributed by atoms with Crippen LogP contribution in [-0.2, 0) is 9.47 Å². The molecule has 0 aliphatic carbocycles. The summed E-state index contributed by atoms with van der Waals surface area (Å²) >= 11 is 0. The third kappa shape index (κ3) is 2.08. The normalized spacial score (nSPS) is 38.9. The molecular formula is C11H17NO2. The SMILES string of the molecule is N#CC1CCCOC1C1CCCOC1. The molecule has 0 bridgehead atoms. The fraction of sp³-hybridized carbons (Fsp3) is 0.909. The molecule has 0 saturated carbocycles. The van der Waals surface area contributed by atoms with E-state index in [1.807, 2.05) is 0 Å². The standard InChI is InChI=1S/C11H17NO2/c12-7-9-3-2-6-14-11(9)10-4-1-5-13-8-10/h9-11H,1-6,8H2. The lowest BCUT2D eigenvalue weighted by Gasteiger charge is -2.35. The van der Waals surface area contributed by atoms with Crippen LogP contribution in [0.5, 0.6) is 0 Å². The van der Waals surface area contributed by atoms with Gasteiger partial charge in [-0.15, -0.1) is 0 Å². The molecule has 0 spiro atoms. The van der Waals surface area contributed by atoms with Gasteiger partial charge in [-0.3, -0.25) is 0 Å². The molecule has 0 aromatic carbocycles. The van der Waals surface area contributed by atoms with Crippen LogP contribution in [0.3, 0.4) is 0 Å². The average molecular weight is 195 g/mol. The van der Waals surface area contributed by atoms with Crippen LogP contribution in [0.25, 0.3) is 0 Å². The second-order valence-electron chi connectivity index (χ2n) is 4.19. The molecule has 0 radical (unpaired) electrons. The topological polar surface area (TPSA) is 42.2 Å². The second kappa shape index (κ2) is 4.77. The molecule has 3 heteroatoms. The third-order valence-electron chi connectivity index (χ3n) is 3.19. The Hall–Kier alpha value is -0.590. The lowest BCUT2D eigenvalue weighted by molar-refractivity contribution is -0.0836. The van der Waals surface area contributed by atoms with Gasteiger partial charge in [0.15, 0.2) is 0 Å². The molecule has 2 rings (SSSR count). The molecule has 0 N–H and O–H groups in total. The Labute approximate surface area is 85.0 Å².